The second kappa shape index (κ2) is 7.62. The van der Waals surface area contributed by atoms with Crippen LogP contribution in [0.5, 0.6) is 0 Å². The van der Waals surface area contributed by atoms with E-state index in [0.29, 0.717) is 12.2 Å². The number of nitrogens with one attached hydrogen (secondary N) is 2. The van der Waals surface area contributed by atoms with Crippen LogP contribution in [-0.4, -0.2) is 47.2 Å². The second-order valence-electron chi connectivity index (χ2n) is 6.84. The van der Waals surface area contributed by atoms with Crippen molar-refractivity contribution in [3.63, 3.8) is 0 Å². The fourth-order valence-corrected chi connectivity index (χ4v) is 3.22. The van der Waals surface area contributed by atoms with E-state index in [1.807, 2.05) is 30.3 Å². The minimum Gasteiger partial charge on any atom is -0.349 e. The van der Waals surface area contributed by atoms with Crippen LogP contribution in [0, 0.1) is 12.8 Å². The quantitative estimate of drug-likeness (QED) is 0.888. The molecule has 0 spiro atoms. The first-order valence-electron chi connectivity index (χ1n) is 8.75. The number of H-pyrrole nitrogens is 1. The molecule has 1 amide bonds. The molecule has 0 aliphatic carbocycles. The predicted octanol–water partition coefficient (Wildman–Crippen LogP) is 2.85. The Bertz CT molecular complexity index is 677. The number of nitrogens with zero attached hydrogens (tertiary/aromatic N) is 2. The fraction of sp³-hybridized carbons (Fsp3) is 0.474. The highest BCUT2D eigenvalue weighted by molar-refractivity contribution is 5.93. The Hall–Kier alpha value is -2.14. The topological polar surface area (TPSA) is 61.0 Å². The van der Waals surface area contributed by atoms with Crippen molar-refractivity contribution in [3.05, 3.63) is 41.6 Å². The SMILES string of the molecule is Cc1ccc(-c2cc(C(=O)NCCN3CCC[C@H](C)C3)[nH]n2)cc1. The van der Waals surface area contributed by atoms with Gasteiger partial charge in [-0.2, -0.15) is 5.10 Å². The van der Waals surface area contributed by atoms with Gasteiger partial charge in [-0.25, -0.2) is 0 Å². The van der Waals surface area contributed by atoms with Crippen LogP contribution in [0.25, 0.3) is 11.3 Å². The molecule has 1 aliphatic rings. The zero-order valence-corrected chi connectivity index (χ0v) is 14.5. The highest BCUT2D eigenvalue weighted by Crippen LogP contribution is 2.18. The van der Waals surface area contributed by atoms with Crippen LogP contribution in [0.1, 0.15) is 35.8 Å². The predicted molar refractivity (Wildman–Crippen MR) is 95.9 cm³/mol. The van der Waals surface area contributed by atoms with Gasteiger partial charge in [-0.15, -0.1) is 0 Å². The fourth-order valence-electron chi connectivity index (χ4n) is 3.22. The van der Waals surface area contributed by atoms with E-state index in [2.05, 4.69) is 34.3 Å². The third-order valence-corrected chi connectivity index (χ3v) is 4.62. The molecule has 1 aromatic heterocycles. The molecule has 3 rings (SSSR count). The van der Waals surface area contributed by atoms with Crippen molar-refractivity contribution in [3.8, 4) is 11.3 Å². The Morgan fingerprint density at radius 2 is 2.17 bits per heavy atom. The number of piperidine rings is 1. The first-order valence-corrected chi connectivity index (χ1v) is 8.75. The third kappa shape index (κ3) is 4.23. The van der Waals surface area contributed by atoms with Gasteiger partial charge in [0.25, 0.3) is 5.91 Å². The lowest BCUT2D eigenvalue weighted by molar-refractivity contribution is 0.0939. The Morgan fingerprint density at radius 1 is 1.38 bits per heavy atom. The van der Waals surface area contributed by atoms with Crippen molar-refractivity contribution in [2.75, 3.05) is 26.2 Å². The van der Waals surface area contributed by atoms with Gasteiger partial charge in [0.05, 0.1) is 5.69 Å². The van der Waals surface area contributed by atoms with Crippen LogP contribution in [0.2, 0.25) is 0 Å². The van der Waals surface area contributed by atoms with E-state index in [-0.39, 0.29) is 5.91 Å². The normalized spacial score (nSPS) is 18.5. The molecule has 2 N–H and O–H groups in total. The lowest BCUT2D eigenvalue weighted by Gasteiger charge is -2.30. The van der Waals surface area contributed by atoms with Crippen LogP contribution in [-0.2, 0) is 0 Å². The Balaban J connectivity index is 1.51. The van der Waals surface area contributed by atoms with Crippen molar-refractivity contribution >= 4 is 5.91 Å². The molecule has 2 aromatic rings. The number of rotatable bonds is 5. The number of likely N-dealkylation sites (tertiary alicyclic amines) is 1. The number of aromatic nitrogens is 2. The number of benzene rings is 1. The van der Waals surface area contributed by atoms with Gasteiger partial charge in [-0.1, -0.05) is 36.8 Å². The summed E-state index contributed by atoms with van der Waals surface area (Å²) in [4.78, 5) is 14.7. The van der Waals surface area contributed by atoms with Gasteiger partial charge in [0.1, 0.15) is 5.69 Å². The maximum atomic E-state index is 12.2. The van der Waals surface area contributed by atoms with E-state index in [1.165, 1.54) is 18.4 Å². The molecule has 0 radical (unpaired) electrons. The van der Waals surface area contributed by atoms with Gasteiger partial charge in [-0.05, 0) is 38.3 Å². The molecule has 0 unspecified atom stereocenters. The molecule has 0 saturated carbocycles. The van der Waals surface area contributed by atoms with Gasteiger partial charge in [-0.3, -0.25) is 9.89 Å². The van der Waals surface area contributed by atoms with Crippen LogP contribution < -0.4 is 5.32 Å². The van der Waals surface area contributed by atoms with Crippen LogP contribution in [0.4, 0.5) is 0 Å². The number of hydrogen-bond donors (Lipinski definition) is 2. The van der Waals surface area contributed by atoms with Gasteiger partial charge in [0.15, 0.2) is 0 Å². The second-order valence-corrected chi connectivity index (χ2v) is 6.84. The van der Waals surface area contributed by atoms with E-state index in [0.717, 1.165) is 36.8 Å². The summed E-state index contributed by atoms with van der Waals surface area (Å²) in [5, 5.41) is 10.1. The number of aromatic amines is 1. The van der Waals surface area contributed by atoms with E-state index >= 15 is 0 Å². The maximum Gasteiger partial charge on any atom is 0.269 e. The molecule has 1 aromatic carbocycles. The molecular formula is C19H26N4O. The van der Waals surface area contributed by atoms with E-state index in [4.69, 9.17) is 0 Å². The van der Waals surface area contributed by atoms with Crippen molar-refractivity contribution in [2.24, 2.45) is 5.92 Å². The maximum absolute atomic E-state index is 12.2. The Labute approximate surface area is 143 Å². The molecule has 5 heteroatoms. The molecule has 24 heavy (non-hydrogen) atoms. The molecule has 1 saturated heterocycles. The lowest BCUT2D eigenvalue weighted by atomic mass is 10.0. The molecular weight excluding hydrogens is 300 g/mol. The molecule has 128 valence electrons. The zero-order valence-electron chi connectivity index (χ0n) is 14.5. The summed E-state index contributed by atoms with van der Waals surface area (Å²) in [6.45, 7) is 8.21. The highest BCUT2D eigenvalue weighted by atomic mass is 16.1. The van der Waals surface area contributed by atoms with Gasteiger partial charge >= 0.3 is 0 Å². The molecule has 2 heterocycles. The molecule has 1 fully saturated rings. The number of amides is 1. The summed E-state index contributed by atoms with van der Waals surface area (Å²) in [7, 11) is 0. The molecule has 0 bridgehead atoms. The largest absolute Gasteiger partial charge is 0.349 e. The van der Waals surface area contributed by atoms with Crippen molar-refractivity contribution in [2.45, 2.75) is 26.7 Å². The number of carbonyl (C=O) groups excluding carboxylic acids is 1. The smallest absolute Gasteiger partial charge is 0.269 e. The molecule has 1 aliphatic heterocycles. The van der Waals surface area contributed by atoms with E-state index in [9.17, 15) is 4.79 Å². The highest BCUT2D eigenvalue weighted by Gasteiger charge is 2.16. The third-order valence-electron chi connectivity index (χ3n) is 4.62. The average molecular weight is 326 g/mol. The van der Waals surface area contributed by atoms with Gasteiger partial charge in [0, 0.05) is 25.2 Å². The summed E-state index contributed by atoms with van der Waals surface area (Å²) in [5.74, 6) is 0.671. The van der Waals surface area contributed by atoms with Crippen LogP contribution in [0.3, 0.4) is 0 Å². The number of carbonyl (C=O) groups is 1. The van der Waals surface area contributed by atoms with Crippen molar-refractivity contribution in [1.82, 2.24) is 20.4 Å². The monoisotopic (exact) mass is 326 g/mol. The van der Waals surface area contributed by atoms with Gasteiger partial charge in [0.2, 0.25) is 0 Å². The minimum absolute atomic E-state index is 0.0917. The van der Waals surface area contributed by atoms with Crippen LogP contribution in [0.15, 0.2) is 30.3 Å². The summed E-state index contributed by atoms with van der Waals surface area (Å²) in [6.07, 6.45) is 2.58. The molecule has 1 atom stereocenters. The summed E-state index contributed by atoms with van der Waals surface area (Å²) >= 11 is 0. The van der Waals surface area contributed by atoms with Crippen molar-refractivity contribution < 1.29 is 4.79 Å². The van der Waals surface area contributed by atoms with E-state index in [1.54, 1.807) is 0 Å². The first kappa shape index (κ1) is 16.7. The van der Waals surface area contributed by atoms with Crippen molar-refractivity contribution in [1.29, 1.82) is 0 Å². The van der Waals surface area contributed by atoms with Crippen LogP contribution >= 0.6 is 0 Å². The average Bonchev–Trinajstić information content (AvgIpc) is 3.05. The first-order chi connectivity index (χ1) is 11.6. The minimum atomic E-state index is -0.0917. The number of aryl methyl sites for hydroxylation is 1. The zero-order chi connectivity index (χ0) is 16.9. The standard InChI is InChI=1S/C19H26N4O/c1-14-5-7-16(8-6-14)17-12-18(22-21-17)19(24)20-9-11-23-10-3-4-15(2)13-23/h5-8,12,15H,3-4,9-11,13H2,1-2H3,(H,20,24)(H,21,22)/t15-/m0/s1. The Morgan fingerprint density at radius 3 is 2.92 bits per heavy atom. The lowest BCUT2D eigenvalue weighted by Crippen LogP contribution is -2.40. The molecule has 5 nitrogen and oxygen atoms in total. The summed E-state index contributed by atoms with van der Waals surface area (Å²) in [6, 6.07) is 9.94. The number of hydrogen-bond acceptors (Lipinski definition) is 3. The summed E-state index contributed by atoms with van der Waals surface area (Å²) in [5.41, 5.74) is 3.53. The summed E-state index contributed by atoms with van der Waals surface area (Å²) < 4.78 is 0. The Kier molecular flexibility index (Phi) is 5.30. The van der Waals surface area contributed by atoms with E-state index < -0.39 is 0 Å². The van der Waals surface area contributed by atoms with Gasteiger partial charge < -0.3 is 10.2 Å².